The standard InChI is InChI=1S/C26H26FN3O5/c1-33-14-12-29(26(32)19-5-3-6-20(27)15-19)17-25(31)30-23(24-7-4-13-35-24)16-22(28-30)18-8-10-21(34-2)11-9-18/h3-11,13,15,23H,12,14,16-17H2,1-2H3. The van der Waals surface area contributed by atoms with Crippen LogP contribution in [0.4, 0.5) is 4.39 Å². The largest absolute Gasteiger partial charge is 0.497 e. The van der Waals surface area contributed by atoms with Crippen LogP contribution in [0.1, 0.15) is 34.1 Å². The molecule has 0 bridgehead atoms. The number of rotatable bonds is 9. The molecule has 182 valence electrons. The molecule has 0 N–H and O–H groups in total. The van der Waals surface area contributed by atoms with E-state index in [1.54, 1.807) is 25.5 Å². The summed E-state index contributed by atoms with van der Waals surface area (Å²) in [5, 5.41) is 5.96. The fourth-order valence-corrected chi connectivity index (χ4v) is 3.89. The second kappa shape index (κ2) is 11.0. The second-order valence-electron chi connectivity index (χ2n) is 7.98. The Morgan fingerprint density at radius 1 is 1.14 bits per heavy atom. The third-order valence-corrected chi connectivity index (χ3v) is 5.71. The van der Waals surface area contributed by atoms with Crippen molar-refractivity contribution in [2.24, 2.45) is 5.10 Å². The highest BCUT2D eigenvalue weighted by atomic mass is 19.1. The van der Waals surface area contributed by atoms with E-state index >= 15 is 0 Å². The Kier molecular flexibility index (Phi) is 7.57. The number of amides is 2. The molecule has 35 heavy (non-hydrogen) atoms. The molecule has 2 amide bonds. The van der Waals surface area contributed by atoms with Crippen LogP contribution < -0.4 is 4.74 Å². The zero-order chi connectivity index (χ0) is 24.8. The van der Waals surface area contributed by atoms with Crippen molar-refractivity contribution in [2.45, 2.75) is 12.5 Å². The van der Waals surface area contributed by atoms with Gasteiger partial charge < -0.3 is 18.8 Å². The van der Waals surface area contributed by atoms with Crippen LogP contribution in [-0.4, -0.2) is 61.4 Å². The molecule has 2 heterocycles. The third-order valence-electron chi connectivity index (χ3n) is 5.71. The van der Waals surface area contributed by atoms with Gasteiger partial charge in [-0.05, 0) is 60.2 Å². The van der Waals surface area contributed by atoms with E-state index in [1.807, 2.05) is 24.3 Å². The highest BCUT2D eigenvalue weighted by molar-refractivity contribution is 6.03. The number of hydrogen-bond acceptors (Lipinski definition) is 6. The van der Waals surface area contributed by atoms with E-state index < -0.39 is 23.7 Å². The number of nitrogens with zero attached hydrogens (tertiary/aromatic N) is 3. The Morgan fingerprint density at radius 2 is 1.94 bits per heavy atom. The minimum atomic E-state index is -0.528. The summed E-state index contributed by atoms with van der Waals surface area (Å²) in [6, 6.07) is 15.9. The quantitative estimate of drug-likeness (QED) is 0.465. The molecule has 0 fully saturated rings. The van der Waals surface area contributed by atoms with Crippen molar-refractivity contribution in [2.75, 3.05) is 33.9 Å². The van der Waals surface area contributed by atoms with Crippen molar-refractivity contribution in [1.82, 2.24) is 9.91 Å². The zero-order valence-electron chi connectivity index (χ0n) is 19.5. The number of halogens is 1. The number of ether oxygens (including phenoxy) is 2. The molecule has 1 aliphatic rings. The first kappa shape index (κ1) is 24.2. The van der Waals surface area contributed by atoms with Gasteiger partial charge >= 0.3 is 0 Å². The molecule has 1 aromatic heterocycles. The van der Waals surface area contributed by atoms with Gasteiger partial charge in [0.1, 0.15) is 29.9 Å². The molecule has 9 heteroatoms. The van der Waals surface area contributed by atoms with E-state index in [9.17, 15) is 14.0 Å². The molecular formula is C26H26FN3O5. The summed E-state index contributed by atoms with van der Waals surface area (Å²) in [6.45, 7) is 0.123. The fourth-order valence-electron chi connectivity index (χ4n) is 3.89. The molecule has 0 saturated carbocycles. The summed E-state index contributed by atoms with van der Waals surface area (Å²) in [5.74, 6) is -0.0863. The average molecular weight is 480 g/mol. The Hall–Kier alpha value is -3.98. The lowest BCUT2D eigenvalue weighted by Gasteiger charge is -2.26. The zero-order valence-corrected chi connectivity index (χ0v) is 19.5. The molecule has 1 unspecified atom stereocenters. The molecule has 0 radical (unpaired) electrons. The van der Waals surface area contributed by atoms with Gasteiger partial charge in [0.2, 0.25) is 0 Å². The van der Waals surface area contributed by atoms with Crippen molar-refractivity contribution >= 4 is 17.5 Å². The van der Waals surface area contributed by atoms with Gasteiger partial charge in [-0.15, -0.1) is 0 Å². The summed E-state index contributed by atoms with van der Waals surface area (Å²) in [7, 11) is 3.10. The van der Waals surface area contributed by atoms with Crippen LogP contribution in [0.3, 0.4) is 0 Å². The first-order valence-corrected chi connectivity index (χ1v) is 11.1. The Labute approximate surface area is 202 Å². The summed E-state index contributed by atoms with van der Waals surface area (Å²) < 4.78 is 29.6. The van der Waals surface area contributed by atoms with E-state index in [2.05, 4.69) is 5.10 Å². The van der Waals surface area contributed by atoms with Crippen molar-refractivity contribution < 1.29 is 27.9 Å². The van der Waals surface area contributed by atoms with Crippen LogP contribution in [0.5, 0.6) is 5.75 Å². The van der Waals surface area contributed by atoms with Crippen molar-refractivity contribution in [3.8, 4) is 5.75 Å². The van der Waals surface area contributed by atoms with Gasteiger partial charge in [0, 0.05) is 25.6 Å². The lowest BCUT2D eigenvalue weighted by atomic mass is 10.0. The van der Waals surface area contributed by atoms with Gasteiger partial charge in [0.15, 0.2) is 0 Å². The summed E-state index contributed by atoms with van der Waals surface area (Å²) in [6.07, 6.45) is 1.99. The molecule has 0 aliphatic carbocycles. The number of benzene rings is 2. The topological polar surface area (TPSA) is 84.6 Å². The van der Waals surface area contributed by atoms with Crippen LogP contribution in [0, 0.1) is 5.82 Å². The van der Waals surface area contributed by atoms with Crippen molar-refractivity contribution in [1.29, 1.82) is 0 Å². The summed E-state index contributed by atoms with van der Waals surface area (Å²) in [5.41, 5.74) is 1.72. The highest BCUT2D eigenvalue weighted by Gasteiger charge is 2.36. The van der Waals surface area contributed by atoms with Gasteiger partial charge in [0.05, 0.1) is 25.7 Å². The van der Waals surface area contributed by atoms with E-state index in [-0.39, 0.29) is 25.3 Å². The van der Waals surface area contributed by atoms with Crippen LogP contribution in [-0.2, 0) is 9.53 Å². The Bertz CT molecular complexity index is 1190. The molecule has 0 spiro atoms. The Morgan fingerprint density at radius 3 is 2.60 bits per heavy atom. The minimum absolute atomic E-state index is 0.153. The van der Waals surface area contributed by atoms with E-state index in [0.717, 1.165) is 11.6 Å². The van der Waals surface area contributed by atoms with Gasteiger partial charge in [-0.1, -0.05) is 6.07 Å². The normalized spacial score (nSPS) is 15.1. The first-order chi connectivity index (χ1) is 17.0. The summed E-state index contributed by atoms with van der Waals surface area (Å²) in [4.78, 5) is 27.9. The number of carbonyl (C=O) groups is 2. The lowest BCUT2D eigenvalue weighted by molar-refractivity contribution is -0.134. The SMILES string of the molecule is COCCN(CC(=O)N1N=C(c2ccc(OC)cc2)CC1c1ccco1)C(=O)c1cccc(F)c1. The molecule has 8 nitrogen and oxygen atoms in total. The van der Waals surface area contributed by atoms with Gasteiger partial charge in [-0.3, -0.25) is 9.59 Å². The maximum Gasteiger partial charge on any atom is 0.262 e. The molecular weight excluding hydrogens is 453 g/mol. The molecule has 1 atom stereocenters. The molecule has 0 saturated heterocycles. The monoisotopic (exact) mass is 479 g/mol. The second-order valence-corrected chi connectivity index (χ2v) is 7.98. The van der Waals surface area contributed by atoms with E-state index in [0.29, 0.717) is 23.6 Å². The highest BCUT2D eigenvalue weighted by Crippen LogP contribution is 2.33. The number of carbonyl (C=O) groups excluding carboxylic acids is 2. The maximum absolute atomic E-state index is 13.7. The lowest BCUT2D eigenvalue weighted by Crippen LogP contribution is -2.42. The smallest absolute Gasteiger partial charge is 0.262 e. The van der Waals surface area contributed by atoms with Crippen LogP contribution in [0.15, 0.2) is 76.4 Å². The van der Waals surface area contributed by atoms with Crippen LogP contribution >= 0.6 is 0 Å². The number of methoxy groups -OCH3 is 2. The maximum atomic E-state index is 13.7. The predicted octanol–water partition coefficient (Wildman–Crippen LogP) is 3.89. The van der Waals surface area contributed by atoms with E-state index in [4.69, 9.17) is 13.9 Å². The summed E-state index contributed by atoms with van der Waals surface area (Å²) >= 11 is 0. The average Bonchev–Trinajstić information content (AvgIpc) is 3.56. The first-order valence-electron chi connectivity index (χ1n) is 11.1. The molecule has 3 aromatic rings. The predicted molar refractivity (Wildman–Crippen MR) is 127 cm³/mol. The van der Waals surface area contributed by atoms with Crippen molar-refractivity contribution in [3.63, 3.8) is 0 Å². The number of hydrazone groups is 1. The fraction of sp³-hybridized carbons (Fsp3) is 0.269. The molecule has 2 aromatic carbocycles. The molecule has 4 rings (SSSR count). The minimum Gasteiger partial charge on any atom is -0.497 e. The molecule has 1 aliphatic heterocycles. The van der Waals surface area contributed by atoms with Crippen LogP contribution in [0.2, 0.25) is 0 Å². The van der Waals surface area contributed by atoms with Crippen LogP contribution in [0.25, 0.3) is 0 Å². The Balaban J connectivity index is 1.59. The number of furan rings is 1. The van der Waals surface area contributed by atoms with Gasteiger partial charge in [-0.25, -0.2) is 9.40 Å². The van der Waals surface area contributed by atoms with Gasteiger partial charge in [0.25, 0.3) is 11.8 Å². The van der Waals surface area contributed by atoms with Gasteiger partial charge in [-0.2, -0.15) is 5.10 Å². The van der Waals surface area contributed by atoms with Crippen molar-refractivity contribution in [3.05, 3.63) is 89.6 Å². The number of hydrogen-bond donors (Lipinski definition) is 0. The third kappa shape index (κ3) is 5.58. The van der Waals surface area contributed by atoms with E-state index in [1.165, 1.54) is 35.2 Å².